The van der Waals surface area contributed by atoms with Crippen LogP contribution in [0.25, 0.3) is 0 Å². The maximum absolute atomic E-state index is 3.76. The van der Waals surface area contributed by atoms with Gasteiger partial charge in [0.25, 0.3) is 0 Å². The van der Waals surface area contributed by atoms with Crippen LogP contribution in [0.3, 0.4) is 0 Å². The average Bonchev–Trinajstić information content (AvgIpc) is 2.81. The minimum atomic E-state index is 0.252. The molecule has 0 heterocycles. The van der Waals surface area contributed by atoms with E-state index in [0.717, 1.165) is 19.6 Å². The Kier molecular flexibility index (Phi) is 8.49. The molecule has 0 bridgehead atoms. The molecule has 3 nitrogen and oxygen atoms in total. The highest BCUT2D eigenvalue weighted by atomic mass is 15.1. The van der Waals surface area contributed by atoms with Gasteiger partial charge in [-0.05, 0) is 74.1 Å². The van der Waals surface area contributed by atoms with Crippen molar-refractivity contribution in [3.63, 3.8) is 0 Å². The second-order valence-corrected chi connectivity index (χ2v) is 8.89. The molecule has 0 fully saturated rings. The Labute approximate surface area is 194 Å². The summed E-state index contributed by atoms with van der Waals surface area (Å²) in [5.74, 6) is 0. The van der Waals surface area contributed by atoms with Crippen molar-refractivity contribution in [1.29, 1.82) is 0 Å². The van der Waals surface area contributed by atoms with Crippen LogP contribution >= 0.6 is 0 Å². The number of rotatable bonds is 10. The van der Waals surface area contributed by atoms with Crippen LogP contribution in [0.2, 0.25) is 0 Å². The molecule has 0 saturated carbocycles. The van der Waals surface area contributed by atoms with E-state index < -0.39 is 0 Å². The van der Waals surface area contributed by atoms with Gasteiger partial charge in [-0.3, -0.25) is 0 Å². The van der Waals surface area contributed by atoms with Crippen molar-refractivity contribution < 1.29 is 0 Å². The van der Waals surface area contributed by atoms with Gasteiger partial charge in [-0.15, -0.1) is 0 Å². The third kappa shape index (κ3) is 5.99. The van der Waals surface area contributed by atoms with E-state index in [2.05, 4.69) is 124 Å². The van der Waals surface area contributed by atoms with Gasteiger partial charge in [-0.25, -0.2) is 0 Å². The predicted octanol–water partition coefficient (Wildman–Crippen LogP) is 6.46. The van der Waals surface area contributed by atoms with E-state index in [1.165, 1.54) is 39.1 Å². The predicted molar refractivity (Wildman–Crippen MR) is 138 cm³/mol. The standard InChI is InChI=1S/C29H39N3/c1-7-32(6)29-17-16-25(23(4)30-19-26-14-10-8-12-21(26)2)18-28(29)24(5)31-20-27-15-11-9-13-22(27)3/h8-18,23-24,30-31H,7,19-20H2,1-6H3. The van der Waals surface area contributed by atoms with Gasteiger partial charge >= 0.3 is 0 Å². The number of anilines is 1. The zero-order valence-corrected chi connectivity index (χ0v) is 20.6. The fourth-order valence-corrected chi connectivity index (χ4v) is 4.08. The average molecular weight is 430 g/mol. The molecule has 3 rings (SSSR count). The first-order chi connectivity index (χ1) is 15.4. The molecule has 0 aliphatic carbocycles. The highest BCUT2D eigenvalue weighted by Gasteiger charge is 2.16. The van der Waals surface area contributed by atoms with Crippen LogP contribution in [0.4, 0.5) is 5.69 Å². The van der Waals surface area contributed by atoms with Crippen molar-refractivity contribution in [1.82, 2.24) is 10.6 Å². The highest BCUT2D eigenvalue weighted by Crippen LogP contribution is 2.30. The summed E-state index contributed by atoms with van der Waals surface area (Å²) in [6.07, 6.45) is 0. The second-order valence-electron chi connectivity index (χ2n) is 8.89. The van der Waals surface area contributed by atoms with Crippen LogP contribution in [0.1, 0.15) is 66.2 Å². The second kappa shape index (κ2) is 11.3. The molecule has 3 aromatic rings. The van der Waals surface area contributed by atoms with Gasteiger partial charge < -0.3 is 15.5 Å². The summed E-state index contributed by atoms with van der Waals surface area (Å²) in [6.45, 7) is 13.8. The molecular weight excluding hydrogens is 390 g/mol. The molecule has 0 radical (unpaired) electrons. The monoisotopic (exact) mass is 429 g/mol. The van der Waals surface area contributed by atoms with Crippen molar-refractivity contribution in [3.05, 3.63) is 100 Å². The summed E-state index contributed by atoms with van der Waals surface area (Å²) in [7, 11) is 2.17. The number of nitrogens with zero attached hydrogens (tertiary/aromatic N) is 1. The van der Waals surface area contributed by atoms with Crippen LogP contribution in [0.5, 0.6) is 0 Å². The summed E-state index contributed by atoms with van der Waals surface area (Å²) in [5.41, 5.74) is 9.36. The Balaban J connectivity index is 1.77. The Bertz CT molecular complexity index is 1010. The molecule has 32 heavy (non-hydrogen) atoms. The lowest BCUT2D eigenvalue weighted by atomic mass is 9.98. The van der Waals surface area contributed by atoms with Crippen LogP contribution in [-0.2, 0) is 13.1 Å². The van der Waals surface area contributed by atoms with Gasteiger partial charge in [0.2, 0.25) is 0 Å². The lowest BCUT2D eigenvalue weighted by Gasteiger charge is -2.27. The molecule has 2 N–H and O–H groups in total. The minimum absolute atomic E-state index is 0.252. The number of nitrogens with one attached hydrogen (secondary N) is 2. The molecule has 170 valence electrons. The van der Waals surface area contributed by atoms with E-state index in [-0.39, 0.29) is 12.1 Å². The largest absolute Gasteiger partial charge is 0.375 e. The third-order valence-corrected chi connectivity index (χ3v) is 6.62. The van der Waals surface area contributed by atoms with Crippen molar-refractivity contribution in [2.45, 2.75) is 59.8 Å². The number of benzene rings is 3. The van der Waals surface area contributed by atoms with Crippen molar-refractivity contribution in [2.24, 2.45) is 0 Å². The Hall–Kier alpha value is -2.62. The number of hydrogen-bond donors (Lipinski definition) is 2. The summed E-state index contributed by atoms with van der Waals surface area (Å²) in [6, 6.07) is 24.7. The highest BCUT2D eigenvalue weighted by molar-refractivity contribution is 5.56. The summed E-state index contributed by atoms with van der Waals surface area (Å²) in [5, 5.41) is 7.48. The van der Waals surface area contributed by atoms with Gasteiger partial charge in [-0.2, -0.15) is 0 Å². The zero-order valence-electron chi connectivity index (χ0n) is 20.6. The first-order valence-corrected chi connectivity index (χ1v) is 11.8. The molecule has 0 aliphatic heterocycles. The molecule has 0 spiro atoms. The smallest absolute Gasteiger partial charge is 0.0412 e. The number of aryl methyl sites for hydroxylation is 2. The lowest BCUT2D eigenvalue weighted by Crippen LogP contribution is -2.25. The normalized spacial score (nSPS) is 13.1. The van der Waals surface area contributed by atoms with E-state index in [0.29, 0.717) is 0 Å². The van der Waals surface area contributed by atoms with Crippen LogP contribution in [-0.4, -0.2) is 13.6 Å². The summed E-state index contributed by atoms with van der Waals surface area (Å²) < 4.78 is 0. The Morgan fingerprint density at radius 1 is 0.750 bits per heavy atom. The van der Waals surface area contributed by atoms with Crippen molar-refractivity contribution in [3.8, 4) is 0 Å². The van der Waals surface area contributed by atoms with Gasteiger partial charge in [0, 0.05) is 44.5 Å². The zero-order chi connectivity index (χ0) is 23.1. The molecule has 0 saturated heterocycles. The third-order valence-electron chi connectivity index (χ3n) is 6.62. The van der Waals surface area contributed by atoms with E-state index >= 15 is 0 Å². The van der Waals surface area contributed by atoms with Gasteiger partial charge in [0.1, 0.15) is 0 Å². The quantitative estimate of drug-likeness (QED) is 0.387. The molecule has 3 heteroatoms. The van der Waals surface area contributed by atoms with E-state index in [4.69, 9.17) is 0 Å². The molecule has 0 aromatic heterocycles. The minimum Gasteiger partial charge on any atom is -0.375 e. The van der Waals surface area contributed by atoms with E-state index in [9.17, 15) is 0 Å². The van der Waals surface area contributed by atoms with Crippen LogP contribution < -0.4 is 15.5 Å². The fraction of sp³-hybridized carbons (Fsp3) is 0.379. The van der Waals surface area contributed by atoms with Crippen molar-refractivity contribution >= 4 is 5.69 Å². The first kappa shape index (κ1) is 24.0. The first-order valence-electron chi connectivity index (χ1n) is 11.8. The van der Waals surface area contributed by atoms with E-state index in [1.54, 1.807) is 0 Å². The van der Waals surface area contributed by atoms with Gasteiger partial charge in [0.05, 0.1) is 0 Å². The maximum Gasteiger partial charge on any atom is 0.0412 e. The Morgan fingerprint density at radius 3 is 1.81 bits per heavy atom. The van der Waals surface area contributed by atoms with E-state index in [1.807, 2.05) is 0 Å². The molecule has 2 atom stereocenters. The topological polar surface area (TPSA) is 27.3 Å². The number of hydrogen-bond acceptors (Lipinski definition) is 3. The molecular formula is C29H39N3. The molecule has 3 aromatic carbocycles. The van der Waals surface area contributed by atoms with Crippen LogP contribution in [0, 0.1) is 13.8 Å². The van der Waals surface area contributed by atoms with Crippen molar-refractivity contribution in [2.75, 3.05) is 18.5 Å². The Morgan fingerprint density at radius 2 is 1.28 bits per heavy atom. The summed E-state index contributed by atoms with van der Waals surface area (Å²) >= 11 is 0. The molecule has 0 aliphatic rings. The SMILES string of the molecule is CCN(C)c1ccc(C(C)NCc2ccccc2C)cc1C(C)NCc1ccccc1C. The summed E-state index contributed by atoms with van der Waals surface area (Å²) in [4.78, 5) is 2.33. The van der Waals surface area contributed by atoms with Gasteiger partial charge in [-0.1, -0.05) is 60.7 Å². The molecule has 2 unspecified atom stereocenters. The molecule has 0 amide bonds. The maximum atomic E-state index is 3.76. The van der Waals surface area contributed by atoms with Crippen LogP contribution in [0.15, 0.2) is 66.7 Å². The van der Waals surface area contributed by atoms with Gasteiger partial charge in [0.15, 0.2) is 0 Å². The fourth-order valence-electron chi connectivity index (χ4n) is 4.08. The lowest BCUT2D eigenvalue weighted by molar-refractivity contribution is 0.559.